The number of benzene rings is 2. The monoisotopic (exact) mass is 311 g/mol. The van der Waals surface area contributed by atoms with Gasteiger partial charge in [0.2, 0.25) is 0 Å². The van der Waals surface area contributed by atoms with Crippen LogP contribution in [0, 0.1) is 5.82 Å². The lowest BCUT2D eigenvalue weighted by atomic mass is 10.2. The van der Waals surface area contributed by atoms with Crippen LogP contribution >= 0.6 is 0 Å². The van der Waals surface area contributed by atoms with E-state index in [-0.39, 0.29) is 5.82 Å². The van der Waals surface area contributed by atoms with Crippen molar-refractivity contribution >= 4 is 17.1 Å². The number of halogens is 1. The van der Waals surface area contributed by atoms with Gasteiger partial charge in [-0.2, -0.15) is 5.10 Å². The molecule has 1 aromatic heterocycles. The van der Waals surface area contributed by atoms with Gasteiger partial charge >= 0.3 is 0 Å². The van der Waals surface area contributed by atoms with Gasteiger partial charge in [0, 0.05) is 30.7 Å². The summed E-state index contributed by atoms with van der Waals surface area (Å²) in [7, 11) is 2.04. The van der Waals surface area contributed by atoms with Crippen molar-refractivity contribution < 1.29 is 4.39 Å². The number of nitrogens with zero attached hydrogens (tertiary/aromatic N) is 4. The minimum atomic E-state index is -0.239. The Balaban J connectivity index is 1.65. The number of hydrogen-bond donors (Lipinski definition) is 1. The second-order valence-corrected chi connectivity index (χ2v) is 5.26. The van der Waals surface area contributed by atoms with Crippen LogP contribution < -0.4 is 10.2 Å². The third-order valence-electron chi connectivity index (χ3n) is 3.55. The zero-order valence-corrected chi connectivity index (χ0v) is 12.9. The molecule has 1 heterocycles. The second-order valence-electron chi connectivity index (χ2n) is 5.26. The summed E-state index contributed by atoms with van der Waals surface area (Å²) >= 11 is 0. The van der Waals surface area contributed by atoms with Crippen LogP contribution in [0.4, 0.5) is 21.5 Å². The lowest BCUT2D eigenvalue weighted by molar-refractivity contribution is 0.610. The molecule has 0 saturated heterocycles. The van der Waals surface area contributed by atoms with E-state index >= 15 is 0 Å². The van der Waals surface area contributed by atoms with Crippen molar-refractivity contribution in [3.8, 4) is 0 Å². The molecule has 0 bridgehead atoms. The molecule has 23 heavy (non-hydrogen) atoms. The summed E-state index contributed by atoms with van der Waals surface area (Å²) in [5, 5.41) is 7.37. The molecule has 0 saturated carbocycles. The van der Waals surface area contributed by atoms with Crippen molar-refractivity contribution in [2.45, 2.75) is 6.54 Å². The van der Waals surface area contributed by atoms with Crippen molar-refractivity contribution in [1.29, 1.82) is 0 Å². The van der Waals surface area contributed by atoms with Gasteiger partial charge in [0.1, 0.15) is 18.5 Å². The number of rotatable bonds is 6. The number of nitrogens with one attached hydrogen (secondary N) is 1. The van der Waals surface area contributed by atoms with Crippen LogP contribution in [0.25, 0.3) is 0 Å². The van der Waals surface area contributed by atoms with Crippen molar-refractivity contribution in [3.63, 3.8) is 0 Å². The minimum Gasteiger partial charge on any atom is -0.373 e. The maximum Gasteiger partial charge on any atom is 0.137 e. The maximum atomic E-state index is 13.0. The molecule has 0 atom stereocenters. The largest absolute Gasteiger partial charge is 0.373 e. The smallest absolute Gasteiger partial charge is 0.137 e. The predicted molar refractivity (Wildman–Crippen MR) is 89.4 cm³/mol. The molecule has 118 valence electrons. The molecule has 3 aromatic rings. The van der Waals surface area contributed by atoms with E-state index in [1.807, 2.05) is 19.2 Å². The molecule has 0 aliphatic heterocycles. The number of anilines is 3. The Morgan fingerprint density at radius 1 is 1.13 bits per heavy atom. The number of likely N-dealkylation sites (N-methyl/N-ethyl adjacent to an activating group) is 1. The van der Waals surface area contributed by atoms with Gasteiger partial charge < -0.3 is 10.2 Å². The molecule has 0 aliphatic rings. The van der Waals surface area contributed by atoms with E-state index in [0.29, 0.717) is 0 Å². The van der Waals surface area contributed by atoms with E-state index in [4.69, 9.17) is 0 Å². The van der Waals surface area contributed by atoms with Crippen molar-refractivity contribution in [3.05, 3.63) is 67.0 Å². The molecular formula is C17H18FN5. The summed E-state index contributed by atoms with van der Waals surface area (Å²) in [5.41, 5.74) is 2.91. The lowest BCUT2D eigenvalue weighted by Crippen LogP contribution is -2.22. The first-order valence-corrected chi connectivity index (χ1v) is 7.37. The quantitative estimate of drug-likeness (QED) is 0.759. The minimum absolute atomic E-state index is 0.239. The van der Waals surface area contributed by atoms with E-state index < -0.39 is 0 Å². The summed E-state index contributed by atoms with van der Waals surface area (Å²) in [4.78, 5) is 6.09. The third kappa shape index (κ3) is 4.06. The molecule has 5 nitrogen and oxygen atoms in total. The predicted octanol–water partition coefficient (Wildman–Crippen LogP) is 3.30. The molecule has 0 radical (unpaired) electrons. The van der Waals surface area contributed by atoms with Crippen LogP contribution in [0.15, 0.2) is 61.2 Å². The Morgan fingerprint density at radius 3 is 2.70 bits per heavy atom. The van der Waals surface area contributed by atoms with Crippen molar-refractivity contribution in [2.75, 3.05) is 23.8 Å². The highest BCUT2D eigenvalue weighted by Gasteiger charge is 2.03. The molecule has 1 N–H and O–H groups in total. The fourth-order valence-electron chi connectivity index (χ4n) is 2.25. The zero-order chi connectivity index (χ0) is 16.1. The molecule has 0 unspecified atom stereocenters. The molecule has 0 spiro atoms. The SMILES string of the molecule is CN(CCn1cncn1)c1cccc(Nc2ccc(F)cc2)c1. The Hall–Kier alpha value is -2.89. The van der Waals surface area contributed by atoms with Gasteiger partial charge in [-0.3, -0.25) is 4.68 Å². The standard InChI is InChI=1S/C17H18FN5/c1-22(9-10-23-13-19-12-20-23)17-4-2-3-16(11-17)21-15-7-5-14(18)6-8-15/h2-8,11-13,21H,9-10H2,1H3. The molecule has 3 rings (SSSR count). The molecule has 0 amide bonds. The van der Waals surface area contributed by atoms with Gasteiger partial charge in [-0.15, -0.1) is 0 Å². The summed E-state index contributed by atoms with van der Waals surface area (Å²) in [6, 6.07) is 14.4. The topological polar surface area (TPSA) is 46.0 Å². The van der Waals surface area contributed by atoms with Crippen LogP contribution in [0.2, 0.25) is 0 Å². The van der Waals surface area contributed by atoms with Gasteiger partial charge in [0.15, 0.2) is 0 Å². The highest BCUT2D eigenvalue weighted by atomic mass is 19.1. The first-order chi connectivity index (χ1) is 11.2. The van der Waals surface area contributed by atoms with Crippen LogP contribution in [-0.4, -0.2) is 28.4 Å². The highest BCUT2D eigenvalue weighted by molar-refractivity contribution is 5.64. The third-order valence-corrected chi connectivity index (χ3v) is 3.55. The number of aromatic nitrogens is 3. The van der Waals surface area contributed by atoms with Crippen molar-refractivity contribution in [1.82, 2.24) is 14.8 Å². The summed E-state index contributed by atoms with van der Waals surface area (Å²) in [6.45, 7) is 1.59. The Labute approximate surface area is 134 Å². The summed E-state index contributed by atoms with van der Waals surface area (Å²) < 4.78 is 14.8. The van der Waals surface area contributed by atoms with E-state index in [1.165, 1.54) is 18.5 Å². The van der Waals surface area contributed by atoms with Crippen LogP contribution in [0.1, 0.15) is 0 Å². The average Bonchev–Trinajstić information content (AvgIpc) is 3.08. The zero-order valence-electron chi connectivity index (χ0n) is 12.9. The van der Waals surface area contributed by atoms with Gasteiger partial charge in [-0.1, -0.05) is 6.07 Å². The van der Waals surface area contributed by atoms with Gasteiger partial charge in [-0.05, 0) is 42.5 Å². The number of hydrogen-bond acceptors (Lipinski definition) is 4. The first kappa shape index (κ1) is 15.0. The Bertz CT molecular complexity index is 740. The van der Waals surface area contributed by atoms with E-state index in [9.17, 15) is 4.39 Å². The van der Waals surface area contributed by atoms with Gasteiger partial charge in [-0.25, -0.2) is 9.37 Å². The van der Waals surface area contributed by atoms with Crippen LogP contribution in [-0.2, 0) is 6.54 Å². The normalized spacial score (nSPS) is 10.5. The lowest BCUT2D eigenvalue weighted by Gasteiger charge is -2.20. The maximum absolute atomic E-state index is 13.0. The van der Waals surface area contributed by atoms with E-state index in [0.717, 1.165) is 30.2 Å². The van der Waals surface area contributed by atoms with Crippen LogP contribution in [0.5, 0.6) is 0 Å². The summed E-state index contributed by atoms with van der Waals surface area (Å²) in [5.74, 6) is -0.239. The highest BCUT2D eigenvalue weighted by Crippen LogP contribution is 2.22. The van der Waals surface area contributed by atoms with Gasteiger partial charge in [0.25, 0.3) is 0 Å². The average molecular weight is 311 g/mol. The van der Waals surface area contributed by atoms with Gasteiger partial charge in [0.05, 0.1) is 6.54 Å². The van der Waals surface area contributed by atoms with E-state index in [2.05, 4.69) is 32.4 Å². The van der Waals surface area contributed by atoms with Crippen LogP contribution in [0.3, 0.4) is 0 Å². The molecule has 2 aromatic carbocycles. The molecule has 0 aliphatic carbocycles. The molecule has 0 fully saturated rings. The molecular weight excluding hydrogens is 293 g/mol. The Morgan fingerprint density at radius 2 is 1.96 bits per heavy atom. The fraction of sp³-hybridized carbons (Fsp3) is 0.176. The summed E-state index contributed by atoms with van der Waals surface area (Å²) in [6.07, 6.45) is 3.24. The Kier molecular flexibility index (Phi) is 4.52. The first-order valence-electron chi connectivity index (χ1n) is 7.37. The molecule has 6 heteroatoms. The van der Waals surface area contributed by atoms with Crippen molar-refractivity contribution in [2.24, 2.45) is 0 Å². The van der Waals surface area contributed by atoms with E-state index in [1.54, 1.807) is 23.1 Å². The fourth-order valence-corrected chi connectivity index (χ4v) is 2.25. The second kappa shape index (κ2) is 6.91.